The first-order chi connectivity index (χ1) is 8.02. The van der Waals surface area contributed by atoms with E-state index in [9.17, 15) is 0 Å². The fourth-order valence-electron chi connectivity index (χ4n) is 2.60. The minimum absolute atomic E-state index is 0.257. The first-order valence-electron chi connectivity index (χ1n) is 6.89. The van der Waals surface area contributed by atoms with Crippen molar-refractivity contribution in [1.29, 1.82) is 0 Å². The van der Waals surface area contributed by atoms with Crippen LogP contribution in [0.5, 0.6) is 0 Å². The molecule has 1 atom stereocenters. The molecule has 2 rings (SSSR count). The van der Waals surface area contributed by atoms with Gasteiger partial charge in [0, 0.05) is 6.04 Å². The monoisotopic (exact) mass is 231 g/mol. The van der Waals surface area contributed by atoms with Crippen LogP contribution in [0.25, 0.3) is 0 Å². The Morgan fingerprint density at radius 2 is 2.06 bits per heavy atom. The van der Waals surface area contributed by atoms with Gasteiger partial charge < -0.3 is 5.32 Å². The van der Waals surface area contributed by atoms with Crippen molar-refractivity contribution in [2.45, 2.75) is 58.4 Å². The van der Waals surface area contributed by atoms with Crippen LogP contribution in [0, 0.1) is 0 Å². The smallest absolute Gasteiger partial charge is 0.0326 e. The summed E-state index contributed by atoms with van der Waals surface area (Å²) in [5.41, 5.74) is 4.81. The lowest BCUT2D eigenvalue weighted by molar-refractivity contribution is 0.527. The van der Waals surface area contributed by atoms with Gasteiger partial charge in [0.1, 0.15) is 0 Å². The van der Waals surface area contributed by atoms with E-state index in [2.05, 4.69) is 51.2 Å². The summed E-state index contributed by atoms with van der Waals surface area (Å²) in [5, 5.41) is 3.67. The topological polar surface area (TPSA) is 12.0 Å². The molecule has 0 fully saturated rings. The highest BCUT2D eigenvalue weighted by Crippen LogP contribution is 2.34. The molecule has 0 amide bonds. The SMILES string of the molecule is CCCNC1CCc2ccc(C(C)(C)C)cc21. The molecular weight excluding hydrogens is 206 g/mol. The van der Waals surface area contributed by atoms with Gasteiger partial charge in [-0.25, -0.2) is 0 Å². The van der Waals surface area contributed by atoms with Gasteiger partial charge in [-0.3, -0.25) is 0 Å². The molecule has 0 saturated heterocycles. The van der Waals surface area contributed by atoms with Gasteiger partial charge in [-0.15, -0.1) is 0 Å². The summed E-state index contributed by atoms with van der Waals surface area (Å²) in [5.74, 6) is 0. The Morgan fingerprint density at radius 3 is 2.71 bits per heavy atom. The van der Waals surface area contributed by atoms with Gasteiger partial charge in [-0.2, -0.15) is 0 Å². The minimum atomic E-state index is 0.257. The fourth-order valence-corrected chi connectivity index (χ4v) is 2.60. The van der Waals surface area contributed by atoms with Crippen molar-refractivity contribution < 1.29 is 0 Å². The van der Waals surface area contributed by atoms with Crippen LogP contribution in [0.3, 0.4) is 0 Å². The zero-order chi connectivity index (χ0) is 12.5. The summed E-state index contributed by atoms with van der Waals surface area (Å²) in [6, 6.07) is 7.66. The van der Waals surface area contributed by atoms with Crippen molar-refractivity contribution in [2.24, 2.45) is 0 Å². The highest BCUT2D eigenvalue weighted by molar-refractivity contribution is 5.40. The number of nitrogens with one attached hydrogen (secondary N) is 1. The van der Waals surface area contributed by atoms with Crippen LogP contribution in [-0.4, -0.2) is 6.54 Å². The van der Waals surface area contributed by atoms with Crippen molar-refractivity contribution in [3.8, 4) is 0 Å². The lowest BCUT2D eigenvalue weighted by Gasteiger charge is -2.21. The van der Waals surface area contributed by atoms with E-state index >= 15 is 0 Å². The van der Waals surface area contributed by atoms with Crippen molar-refractivity contribution in [3.63, 3.8) is 0 Å². The molecule has 0 heterocycles. The van der Waals surface area contributed by atoms with Crippen LogP contribution in [0.15, 0.2) is 18.2 Å². The fraction of sp³-hybridized carbons (Fsp3) is 0.625. The number of aryl methyl sites for hydroxylation is 1. The average Bonchev–Trinajstić information content (AvgIpc) is 2.67. The van der Waals surface area contributed by atoms with Gasteiger partial charge in [0.05, 0.1) is 0 Å². The summed E-state index contributed by atoms with van der Waals surface area (Å²) in [7, 11) is 0. The first-order valence-corrected chi connectivity index (χ1v) is 6.89. The second-order valence-corrected chi connectivity index (χ2v) is 6.21. The second-order valence-electron chi connectivity index (χ2n) is 6.21. The summed E-state index contributed by atoms with van der Waals surface area (Å²) >= 11 is 0. The summed E-state index contributed by atoms with van der Waals surface area (Å²) in [6.07, 6.45) is 3.72. The van der Waals surface area contributed by atoms with Crippen LogP contribution in [0.1, 0.15) is 63.3 Å². The Hall–Kier alpha value is -0.820. The number of rotatable bonds is 3. The lowest BCUT2D eigenvalue weighted by Crippen LogP contribution is -2.20. The number of fused-ring (bicyclic) bond motifs is 1. The van der Waals surface area contributed by atoms with Crippen molar-refractivity contribution in [2.75, 3.05) is 6.54 Å². The third kappa shape index (κ3) is 2.71. The van der Waals surface area contributed by atoms with Gasteiger partial charge in [0.25, 0.3) is 0 Å². The Labute approximate surface area is 106 Å². The molecule has 0 aliphatic heterocycles. The molecule has 94 valence electrons. The van der Waals surface area contributed by atoms with Crippen molar-refractivity contribution in [3.05, 3.63) is 34.9 Å². The van der Waals surface area contributed by atoms with Crippen molar-refractivity contribution in [1.82, 2.24) is 5.32 Å². The Balaban J connectivity index is 2.24. The Bertz CT molecular complexity index is 387. The van der Waals surface area contributed by atoms with E-state index in [1.54, 1.807) is 11.1 Å². The molecule has 1 aliphatic carbocycles. The van der Waals surface area contributed by atoms with Crippen LogP contribution < -0.4 is 5.32 Å². The number of hydrogen-bond acceptors (Lipinski definition) is 1. The van der Waals surface area contributed by atoms with E-state index in [1.807, 2.05) is 0 Å². The van der Waals surface area contributed by atoms with E-state index < -0.39 is 0 Å². The molecule has 1 unspecified atom stereocenters. The molecule has 17 heavy (non-hydrogen) atoms. The second kappa shape index (κ2) is 4.81. The predicted octanol–water partition coefficient (Wildman–Crippen LogP) is 3.97. The van der Waals surface area contributed by atoms with E-state index in [-0.39, 0.29) is 5.41 Å². The molecule has 1 aromatic rings. The van der Waals surface area contributed by atoms with Gasteiger partial charge in [0.2, 0.25) is 0 Å². The average molecular weight is 231 g/mol. The zero-order valence-electron chi connectivity index (χ0n) is 11.6. The molecule has 1 N–H and O–H groups in total. The third-order valence-electron chi connectivity index (χ3n) is 3.73. The quantitative estimate of drug-likeness (QED) is 0.830. The van der Waals surface area contributed by atoms with Gasteiger partial charge in [-0.1, -0.05) is 45.9 Å². The lowest BCUT2D eigenvalue weighted by atomic mass is 9.85. The maximum Gasteiger partial charge on any atom is 0.0326 e. The first kappa shape index (κ1) is 12.6. The van der Waals surface area contributed by atoms with Gasteiger partial charge in [0.15, 0.2) is 0 Å². The van der Waals surface area contributed by atoms with Crippen LogP contribution in [0.4, 0.5) is 0 Å². The summed E-state index contributed by atoms with van der Waals surface area (Å²) in [6.45, 7) is 10.2. The Kier molecular flexibility index (Phi) is 3.58. The van der Waals surface area contributed by atoms with E-state index in [0.29, 0.717) is 6.04 Å². The summed E-state index contributed by atoms with van der Waals surface area (Å²) in [4.78, 5) is 0. The molecule has 0 radical (unpaired) electrons. The molecule has 0 aromatic heterocycles. The minimum Gasteiger partial charge on any atom is -0.310 e. The highest BCUT2D eigenvalue weighted by atomic mass is 14.9. The molecule has 1 heteroatoms. The third-order valence-corrected chi connectivity index (χ3v) is 3.73. The van der Waals surface area contributed by atoms with Gasteiger partial charge in [-0.05, 0) is 47.9 Å². The summed E-state index contributed by atoms with van der Waals surface area (Å²) < 4.78 is 0. The molecule has 1 nitrogen and oxygen atoms in total. The standard InChI is InChI=1S/C16H25N/c1-5-10-17-15-9-7-12-6-8-13(11-14(12)15)16(2,3)4/h6,8,11,15,17H,5,7,9-10H2,1-4H3. The predicted molar refractivity (Wildman–Crippen MR) is 74.5 cm³/mol. The molecule has 0 spiro atoms. The van der Waals surface area contributed by atoms with Crippen LogP contribution in [-0.2, 0) is 11.8 Å². The van der Waals surface area contributed by atoms with Crippen molar-refractivity contribution >= 4 is 0 Å². The molecule has 0 bridgehead atoms. The molecular formula is C16H25N. The largest absolute Gasteiger partial charge is 0.310 e. The number of benzene rings is 1. The zero-order valence-corrected chi connectivity index (χ0v) is 11.6. The maximum atomic E-state index is 3.67. The molecule has 0 saturated carbocycles. The Morgan fingerprint density at radius 1 is 1.29 bits per heavy atom. The maximum absolute atomic E-state index is 3.67. The molecule has 1 aromatic carbocycles. The van der Waals surface area contributed by atoms with E-state index in [1.165, 1.54) is 24.8 Å². The highest BCUT2D eigenvalue weighted by Gasteiger charge is 2.24. The number of hydrogen-bond donors (Lipinski definition) is 1. The normalized spacial score (nSPS) is 19.4. The van der Waals surface area contributed by atoms with E-state index in [4.69, 9.17) is 0 Å². The van der Waals surface area contributed by atoms with Gasteiger partial charge >= 0.3 is 0 Å². The van der Waals surface area contributed by atoms with Crippen LogP contribution >= 0.6 is 0 Å². The molecule has 1 aliphatic rings. The van der Waals surface area contributed by atoms with Crippen LogP contribution in [0.2, 0.25) is 0 Å². The van der Waals surface area contributed by atoms with E-state index in [0.717, 1.165) is 6.54 Å².